The fraction of sp³-hybridized carbons (Fsp3) is 0.480. The maximum Gasteiger partial charge on any atom is 0.272 e. The van der Waals surface area contributed by atoms with E-state index >= 15 is 0 Å². The number of piperidine rings is 3. The van der Waals surface area contributed by atoms with Crippen LogP contribution < -0.4 is 4.74 Å². The largest absolute Gasteiger partial charge is 0.497 e. The summed E-state index contributed by atoms with van der Waals surface area (Å²) < 4.78 is 5.28. The summed E-state index contributed by atoms with van der Waals surface area (Å²) in [6.07, 6.45) is 6.19. The molecule has 3 aliphatic heterocycles. The summed E-state index contributed by atoms with van der Waals surface area (Å²) >= 11 is 0. The van der Waals surface area contributed by atoms with Crippen LogP contribution in [0.5, 0.6) is 5.75 Å². The van der Waals surface area contributed by atoms with Crippen molar-refractivity contribution in [3.63, 3.8) is 0 Å². The smallest absolute Gasteiger partial charge is 0.272 e. The van der Waals surface area contributed by atoms with E-state index < -0.39 is 0 Å². The van der Waals surface area contributed by atoms with Crippen LogP contribution in [0.25, 0.3) is 0 Å². The number of amides is 2. The summed E-state index contributed by atoms with van der Waals surface area (Å²) in [5.41, 5.74) is 1.68. The molecule has 0 aliphatic carbocycles. The molecule has 2 amide bonds. The van der Waals surface area contributed by atoms with Crippen LogP contribution in [-0.4, -0.2) is 58.9 Å². The molecule has 5 rings (SSSR count). The van der Waals surface area contributed by atoms with Crippen molar-refractivity contribution in [2.45, 2.75) is 44.2 Å². The van der Waals surface area contributed by atoms with E-state index in [1.165, 1.54) is 5.56 Å². The summed E-state index contributed by atoms with van der Waals surface area (Å²) in [7, 11) is 1.59. The van der Waals surface area contributed by atoms with Gasteiger partial charge < -0.3 is 14.5 Å². The molecule has 4 heterocycles. The van der Waals surface area contributed by atoms with Crippen LogP contribution in [0.3, 0.4) is 0 Å². The number of pyridine rings is 1. The molecule has 31 heavy (non-hydrogen) atoms. The maximum atomic E-state index is 13.3. The SMILES string of the molecule is COc1ccnc(C(=O)N2C[C@H]3C[C@@H](C2)[C@H](Cc2ccccc2)N2C(=O)CCC[C@@H]32)c1. The zero-order valence-electron chi connectivity index (χ0n) is 17.9. The number of aromatic nitrogens is 1. The van der Waals surface area contributed by atoms with Gasteiger partial charge in [-0.2, -0.15) is 0 Å². The van der Waals surface area contributed by atoms with Gasteiger partial charge in [-0.05, 0) is 49.1 Å². The van der Waals surface area contributed by atoms with E-state index in [1.807, 2.05) is 11.0 Å². The van der Waals surface area contributed by atoms with Gasteiger partial charge >= 0.3 is 0 Å². The molecule has 162 valence electrons. The number of methoxy groups -OCH3 is 1. The minimum atomic E-state index is -0.0392. The van der Waals surface area contributed by atoms with Gasteiger partial charge in [-0.15, -0.1) is 0 Å². The van der Waals surface area contributed by atoms with Gasteiger partial charge in [0.1, 0.15) is 11.4 Å². The molecule has 3 fully saturated rings. The number of hydrogen-bond acceptors (Lipinski definition) is 4. The van der Waals surface area contributed by atoms with E-state index in [4.69, 9.17) is 4.74 Å². The first-order chi connectivity index (χ1) is 15.1. The van der Waals surface area contributed by atoms with Gasteiger partial charge in [0.2, 0.25) is 5.91 Å². The van der Waals surface area contributed by atoms with Gasteiger partial charge in [-0.25, -0.2) is 0 Å². The summed E-state index contributed by atoms with van der Waals surface area (Å²) in [6, 6.07) is 14.3. The summed E-state index contributed by atoms with van der Waals surface area (Å²) in [5.74, 6) is 1.52. The molecule has 1 aromatic heterocycles. The first kappa shape index (κ1) is 20.0. The Balaban J connectivity index is 1.43. The standard InChI is InChI=1S/C25H29N3O3/c1-31-20-10-11-26-21(14-20)25(30)27-15-18-13-19(16-27)23(12-17-6-3-2-4-7-17)28-22(18)8-5-9-24(28)29/h2-4,6-7,10-11,14,18-19,22-23H,5,8-9,12-13,15-16H2,1H3/t18-,19+,22+,23+/m1/s1. The minimum Gasteiger partial charge on any atom is -0.497 e. The highest BCUT2D eigenvalue weighted by molar-refractivity contribution is 5.92. The van der Waals surface area contributed by atoms with Crippen molar-refractivity contribution in [1.82, 2.24) is 14.8 Å². The van der Waals surface area contributed by atoms with Gasteiger partial charge in [-0.3, -0.25) is 14.6 Å². The van der Waals surface area contributed by atoms with Crippen molar-refractivity contribution < 1.29 is 14.3 Å². The molecule has 3 aliphatic rings. The average Bonchev–Trinajstić information content (AvgIpc) is 2.82. The number of carbonyl (C=O) groups is 2. The third kappa shape index (κ3) is 3.80. The van der Waals surface area contributed by atoms with Crippen molar-refractivity contribution in [1.29, 1.82) is 0 Å². The van der Waals surface area contributed by atoms with E-state index in [2.05, 4.69) is 34.1 Å². The fourth-order valence-corrected chi connectivity index (χ4v) is 5.88. The number of ether oxygens (including phenoxy) is 1. The summed E-state index contributed by atoms with van der Waals surface area (Å²) in [6.45, 7) is 1.36. The maximum absolute atomic E-state index is 13.3. The van der Waals surface area contributed by atoms with Crippen molar-refractivity contribution in [3.8, 4) is 5.75 Å². The number of benzene rings is 1. The van der Waals surface area contributed by atoms with Gasteiger partial charge in [0.25, 0.3) is 5.91 Å². The Kier molecular flexibility index (Phi) is 5.38. The van der Waals surface area contributed by atoms with Crippen LogP contribution in [0.4, 0.5) is 0 Å². The topological polar surface area (TPSA) is 62.7 Å². The monoisotopic (exact) mass is 419 g/mol. The van der Waals surface area contributed by atoms with Crippen molar-refractivity contribution in [3.05, 3.63) is 59.9 Å². The van der Waals surface area contributed by atoms with E-state index in [0.29, 0.717) is 42.8 Å². The molecule has 0 radical (unpaired) electrons. The molecule has 0 spiro atoms. The Labute approximate surface area is 183 Å². The highest BCUT2D eigenvalue weighted by Crippen LogP contribution is 2.42. The highest BCUT2D eigenvalue weighted by atomic mass is 16.5. The molecule has 3 saturated heterocycles. The second kappa shape index (κ2) is 8.33. The number of nitrogens with zero attached hydrogens (tertiary/aromatic N) is 3. The van der Waals surface area contributed by atoms with Gasteiger partial charge in [-0.1, -0.05) is 30.3 Å². The molecule has 0 unspecified atom stereocenters. The van der Waals surface area contributed by atoms with Crippen molar-refractivity contribution in [2.24, 2.45) is 11.8 Å². The first-order valence-electron chi connectivity index (χ1n) is 11.3. The minimum absolute atomic E-state index is 0.0392. The number of likely N-dealkylation sites (tertiary alicyclic amines) is 1. The zero-order chi connectivity index (χ0) is 21.4. The van der Waals surface area contributed by atoms with Crippen LogP contribution >= 0.6 is 0 Å². The van der Waals surface area contributed by atoms with Gasteiger partial charge in [0.05, 0.1) is 7.11 Å². The average molecular weight is 420 g/mol. The molecule has 4 atom stereocenters. The molecule has 0 saturated carbocycles. The molecule has 2 bridgehead atoms. The van der Waals surface area contributed by atoms with E-state index in [9.17, 15) is 9.59 Å². The fourth-order valence-electron chi connectivity index (χ4n) is 5.88. The summed E-state index contributed by atoms with van der Waals surface area (Å²) in [4.78, 5) is 34.8. The van der Waals surface area contributed by atoms with Gasteiger partial charge in [0.15, 0.2) is 0 Å². The Morgan fingerprint density at radius 2 is 1.97 bits per heavy atom. The number of carbonyl (C=O) groups excluding carboxylic acids is 2. The lowest BCUT2D eigenvalue weighted by Crippen LogP contribution is -2.66. The van der Waals surface area contributed by atoms with Crippen LogP contribution in [0.15, 0.2) is 48.7 Å². The van der Waals surface area contributed by atoms with E-state index in [0.717, 1.165) is 25.7 Å². The number of hydrogen-bond donors (Lipinski definition) is 0. The lowest BCUT2D eigenvalue weighted by Gasteiger charge is -2.56. The third-order valence-electron chi connectivity index (χ3n) is 7.26. The molecular weight excluding hydrogens is 390 g/mol. The third-order valence-corrected chi connectivity index (χ3v) is 7.26. The van der Waals surface area contributed by atoms with Crippen molar-refractivity contribution >= 4 is 11.8 Å². The predicted molar refractivity (Wildman–Crippen MR) is 117 cm³/mol. The van der Waals surface area contributed by atoms with Crippen molar-refractivity contribution in [2.75, 3.05) is 20.2 Å². The first-order valence-corrected chi connectivity index (χ1v) is 11.3. The van der Waals surface area contributed by atoms with Gasteiger partial charge in [0, 0.05) is 43.9 Å². The van der Waals surface area contributed by atoms with Crippen LogP contribution in [0, 0.1) is 11.8 Å². The van der Waals surface area contributed by atoms with E-state index in [-0.39, 0.29) is 23.9 Å². The Bertz CT molecular complexity index is 963. The molecule has 2 aromatic rings. The molecular formula is C25H29N3O3. The number of fused-ring (bicyclic) bond motifs is 4. The molecule has 1 aromatic carbocycles. The lowest BCUT2D eigenvalue weighted by molar-refractivity contribution is -0.151. The van der Waals surface area contributed by atoms with E-state index in [1.54, 1.807) is 25.4 Å². The Hall–Kier alpha value is -2.89. The van der Waals surface area contributed by atoms with Crippen LogP contribution in [-0.2, 0) is 11.2 Å². The normalized spacial score (nSPS) is 27.6. The summed E-state index contributed by atoms with van der Waals surface area (Å²) in [5, 5.41) is 0. The van der Waals surface area contributed by atoms with Crippen LogP contribution in [0.2, 0.25) is 0 Å². The molecule has 0 N–H and O–H groups in total. The highest BCUT2D eigenvalue weighted by Gasteiger charge is 2.50. The molecule has 6 nitrogen and oxygen atoms in total. The second-order valence-corrected chi connectivity index (χ2v) is 9.06. The Morgan fingerprint density at radius 1 is 1.16 bits per heavy atom. The quantitative estimate of drug-likeness (QED) is 0.764. The zero-order valence-corrected chi connectivity index (χ0v) is 17.9. The number of rotatable bonds is 4. The molecule has 6 heteroatoms. The predicted octanol–water partition coefficient (Wildman–Crippen LogP) is 3.17. The second-order valence-electron chi connectivity index (χ2n) is 9.06. The van der Waals surface area contributed by atoms with Crippen LogP contribution in [0.1, 0.15) is 41.7 Å². The lowest BCUT2D eigenvalue weighted by atomic mass is 9.70. The Morgan fingerprint density at radius 3 is 2.77 bits per heavy atom.